The molecule has 1 heterocycles. The highest BCUT2D eigenvalue weighted by Gasteiger charge is 2.14. The van der Waals surface area contributed by atoms with E-state index in [1.54, 1.807) is 30.3 Å². The molecule has 8 heteroatoms. The van der Waals surface area contributed by atoms with Crippen molar-refractivity contribution in [2.45, 2.75) is 13.5 Å². The number of carbonyl (C=O) groups is 1. The molecule has 0 spiro atoms. The molecule has 3 aromatic rings. The molecule has 0 bridgehead atoms. The maximum Gasteiger partial charge on any atom is 0.258 e. The van der Waals surface area contributed by atoms with Crippen molar-refractivity contribution in [2.24, 2.45) is 0 Å². The fourth-order valence-electron chi connectivity index (χ4n) is 2.52. The molecule has 0 radical (unpaired) electrons. The van der Waals surface area contributed by atoms with Gasteiger partial charge in [-0.2, -0.15) is 0 Å². The Morgan fingerprint density at radius 3 is 2.71 bits per heavy atom. The van der Waals surface area contributed by atoms with Gasteiger partial charge in [-0.3, -0.25) is 10.1 Å². The molecule has 0 saturated carbocycles. The van der Waals surface area contributed by atoms with E-state index in [0.29, 0.717) is 22.1 Å². The van der Waals surface area contributed by atoms with Gasteiger partial charge < -0.3 is 14.8 Å². The molecular weight excluding hydrogens is 464 g/mol. The Kier molecular flexibility index (Phi) is 6.51. The molecule has 0 atom stereocenters. The summed E-state index contributed by atoms with van der Waals surface area (Å²) < 4.78 is 6.31. The molecule has 28 heavy (non-hydrogen) atoms. The van der Waals surface area contributed by atoms with Gasteiger partial charge in [0.05, 0.1) is 10.6 Å². The number of amides is 1. The van der Waals surface area contributed by atoms with Crippen molar-refractivity contribution < 1.29 is 14.3 Å². The molecule has 0 aliphatic carbocycles. The summed E-state index contributed by atoms with van der Waals surface area (Å²) in [5.41, 5.74) is 2.80. The van der Waals surface area contributed by atoms with Crippen LogP contribution in [-0.2, 0) is 6.61 Å². The van der Waals surface area contributed by atoms with E-state index in [4.69, 9.17) is 33.3 Å². The second-order valence-electron chi connectivity index (χ2n) is 5.99. The van der Waals surface area contributed by atoms with E-state index >= 15 is 0 Å². The Morgan fingerprint density at radius 1 is 1.21 bits per heavy atom. The van der Waals surface area contributed by atoms with Crippen molar-refractivity contribution in [1.29, 1.82) is 0 Å². The minimum absolute atomic E-state index is 0.150. The summed E-state index contributed by atoms with van der Waals surface area (Å²) in [5.74, 6) is 0.706. The van der Waals surface area contributed by atoms with Gasteiger partial charge in [-0.25, -0.2) is 0 Å². The van der Waals surface area contributed by atoms with Crippen LogP contribution in [0, 0.1) is 6.92 Å². The van der Waals surface area contributed by atoms with Crippen LogP contribution in [-0.4, -0.2) is 16.1 Å². The van der Waals surface area contributed by atoms with Crippen LogP contribution in [0.15, 0.2) is 57.4 Å². The maximum atomic E-state index is 12.4. The van der Waals surface area contributed by atoms with Gasteiger partial charge in [-0.15, -0.1) is 0 Å². The fourth-order valence-corrected chi connectivity index (χ4v) is 3.29. The molecule has 144 valence electrons. The average molecular weight is 480 g/mol. The zero-order valence-electron chi connectivity index (χ0n) is 14.8. The Labute approximate surface area is 180 Å². The van der Waals surface area contributed by atoms with Crippen LogP contribution in [0.5, 0.6) is 0 Å². The Hall–Kier alpha value is -2.19. The molecule has 0 fully saturated rings. The minimum Gasteiger partial charge on any atom is -0.459 e. The first-order valence-corrected chi connectivity index (χ1v) is 9.83. The van der Waals surface area contributed by atoms with Crippen LogP contribution in [0.3, 0.4) is 0 Å². The minimum atomic E-state index is -0.406. The van der Waals surface area contributed by atoms with Gasteiger partial charge in [-0.1, -0.05) is 39.7 Å². The Balaban J connectivity index is 1.75. The summed E-state index contributed by atoms with van der Waals surface area (Å²) in [6.45, 7) is 1.76. The van der Waals surface area contributed by atoms with Gasteiger partial charge >= 0.3 is 0 Å². The number of aliphatic hydroxyl groups is 1. The lowest BCUT2D eigenvalue weighted by atomic mass is 10.1. The maximum absolute atomic E-state index is 12.4. The summed E-state index contributed by atoms with van der Waals surface area (Å²) >= 11 is 14.7. The SMILES string of the molecule is Cc1ccc(-c2ccc(CO)o2)cc1NC(=S)NC(=O)c1cc(Br)ccc1Cl. The van der Waals surface area contributed by atoms with E-state index < -0.39 is 5.91 Å². The van der Waals surface area contributed by atoms with Crippen molar-refractivity contribution in [3.05, 3.63) is 74.9 Å². The molecule has 0 aliphatic heterocycles. The van der Waals surface area contributed by atoms with E-state index in [1.807, 2.05) is 25.1 Å². The standard InChI is InChI=1S/C20H16BrClN2O3S/c1-11-2-3-12(18-7-5-14(10-25)27-18)8-17(11)23-20(28)24-19(26)15-9-13(21)4-6-16(15)22/h2-9,25H,10H2,1H3,(H2,23,24,26,28). The first kappa shape index (κ1) is 20.5. The van der Waals surface area contributed by atoms with E-state index in [0.717, 1.165) is 21.3 Å². The summed E-state index contributed by atoms with van der Waals surface area (Å²) in [7, 11) is 0. The van der Waals surface area contributed by atoms with Gasteiger partial charge in [0, 0.05) is 15.7 Å². The zero-order chi connectivity index (χ0) is 20.3. The number of aryl methyl sites for hydroxylation is 1. The molecule has 2 aromatic carbocycles. The number of rotatable bonds is 4. The molecule has 1 amide bonds. The highest BCUT2D eigenvalue weighted by Crippen LogP contribution is 2.27. The highest BCUT2D eigenvalue weighted by molar-refractivity contribution is 9.10. The third-order valence-corrected chi connectivity index (χ3v) is 5.01. The van der Waals surface area contributed by atoms with Crippen molar-refractivity contribution in [2.75, 3.05) is 5.32 Å². The predicted molar refractivity (Wildman–Crippen MR) is 118 cm³/mol. The lowest BCUT2D eigenvalue weighted by Gasteiger charge is -2.13. The quantitative estimate of drug-likeness (QED) is 0.443. The summed E-state index contributed by atoms with van der Waals surface area (Å²) in [6, 6.07) is 14.2. The number of benzene rings is 2. The van der Waals surface area contributed by atoms with E-state index in [9.17, 15) is 4.79 Å². The van der Waals surface area contributed by atoms with Crippen LogP contribution in [0.4, 0.5) is 5.69 Å². The van der Waals surface area contributed by atoms with Gasteiger partial charge in [0.1, 0.15) is 18.1 Å². The smallest absolute Gasteiger partial charge is 0.258 e. The first-order valence-electron chi connectivity index (χ1n) is 8.25. The molecule has 0 saturated heterocycles. The monoisotopic (exact) mass is 478 g/mol. The second-order valence-corrected chi connectivity index (χ2v) is 7.72. The first-order chi connectivity index (χ1) is 13.4. The molecule has 0 aliphatic rings. The molecular formula is C20H16BrClN2O3S. The van der Waals surface area contributed by atoms with Crippen molar-refractivity contribution in [1.82, 2.24) is 5.32 Å². The third kappa shape index (κ3) is 4.80. The van der Waals surface area contributed by atoms with Crippen molar-refractivity contribution >= 4 is 56.5 Å². The number of aliphatic hydroxyl groups excluding tert-OH is 1. The third-order valence-electron chi connectivity index (χ3n) is 3.99. The molecule has 1 aromatic heterocycles. The number of furan rings is 1. The predicted octanol–water partition coefficient (Wildman–Crippen LogP) is 5.29. The normalized spacial score (nSPS) is 10.6. The van der Waals surface area contributed by atoms with Crippen LogP contribution >= 0.6 is 39.7 Å². The van der Waals surface area contributed by atoms with E-state index in [2.05, 4.69) is 26.6 Å². The van der Waals surface area contributed by atoms with Crippen LogP contribution in [0.1, 0.15) is 21.7 Å². The Morgan fingerprint density at radius 2 is 2.00 bits per heavy atom. The van der Waals surface area contributed by atoms with Gasteiger partial charge in [0.15, 0.2) is 5.11 Å². The number of nitrogens with one attached hydrogen (secondary N) is 2. The summed E-state index contributed by atoms with van der Waals surface area (Å²) in [6.07, 6.45) is 0. The highest BCUT2D eigenvalue weighted by atomic mass is 79.9. The summed E-state index contributed by atoms with van der Waals surface area (Å²) in [4.78, 5) is 12.4. The van der Waals surface area contributed by atoms with Crippen LogP contribution < -0.4 is 10.6 Å². The number of halogens is 2. The number of thiocarbonyl (C=S) groups is 1. The van der Waals surface area contributed by atoms with Crippen molar-refractivity contribution in [3.8, 4) is 11.3 Å². The molecule has 5 nitrogen and oxygen atoms in total. The summed E-state index contributed by atoms with van der Waals surface area (Å²) in [5, 5.41) is 15.3. The second kappa shape index (κ2) is 8.87. The van der Waals surface area contributed by atoms with Gasteiger partial charge in [0.2, 0.25) is 0 Å². The van der Waals surface area contributed by atoms with Crippen LogP contribution in [0.2, 0.25) is 5.02 Å². The van der Waals surface area contributed by atoms with Crippen LogP contribution in [0.25, 0.3) is 11.3 Å². The van der Waals surface area contributed by atoms with Gasteiger partial charge in [-0.05, 0) is 61.1 Å². The lowest BCUT2D eigenvalue weighted by Crippen LogP contribution is -2.34. The van der Waals surface area contributed by atoms with E-state index in [-0.39, 0.29) is 11.7 Å². The Bertz CT molecular complexity index is 1050. The van der Waals surface area contributed by atoms with Gasteiger partial charge in [0.25, 0.3) is 5.91 Å². The topological polar surface area (TPSA) is 74.5 Å². The number of hydrogen-bond donors (Lipinski definition) is 3. The van der Waals surface area contributed by atoms with Crippen molar-refractivity contribution in [3.63, 3.8) is 0 Å². The number of anilines is 1. The zero-order valence-corrected chi connectivity index (χ0v) is 17.9. The average Bonchev–Trinajstić information content (AvgIpc) is 3.14. The lowest BCUT2D eigenvalue weighted by molar-refractivity contribution is 0.0978. The largest absolute Gasteiger partial charge is 0.459 e. The molecule has 3 N–H and O–H groups in total. The molecule has 3 rings (SSSR count). The van der Waals surface area contributed by atoms with E-state index in [1.165, 1.54) is 0 Å². The number of carbonyl (C=O) groups excluding carboxylic acids is 1. The fraction of sp³-hybridized carbons (Fsp3) is 0.100. The molecule has 0 unspecified atom stereocenters. The number of hydrogen-bond acceptors (Lipinski definition) is 4.